The van der Waals surface area contributed by atoms with E-state index in [0.717, 1.165) is 22.6 Å². The molecule has 100 valence electrons. The Balaban J connectivity index is 1.90. The molecule has 0 amide bonds. The van der Waals surface area contributed by atoms with Gasteiger partial charge in [-0.05, 0) is 36.4 Å². The van der Waals surface area contributed by atoms with E-state index in [4.69, 9.17) is 4.42 Å². The second kappa shape index (κ2) is 5.17. The van der Waals surface area contributed by atoms with Gasteiger partial charge < -0.3 is 9.32 Å². The molecule has 0 radical (unpaired) electrons. The highest BCUT2D eigenvalue weighted by atomic mass is 16.4. The first kappa shape index (κ1) is 12.4. The molecule has 2 aromatic heterocycles. The van der Waals surface area contributed by atoms with Crippen LogP contribution in [0.5, 0.6) is 0 Å². The minimum Gasteiger partial charge on any atom is -0.436 e. The van der Waals surface area contributed by atoms with E-state index in [0.29, 0.717) is 5.89 Å². The lowest BCUT2D eigenvalue weighted by Gasteiger charge is -2.11. The van der Waals surface area contributed by atoms with Gasteiger partial charge in [-0.1, -0.05) is 0 Å². The van der Waals surface area contributed by atoms with E-state index in [1.165, 1.54) is 0 Å². The second-order valence-corrected chi connectivity index (χ2v) is 4.71. The zero-order valence-corrected chi connectivity index (χ0v) is 11.4. The SMILES string of the molecule is CN(C)c1ccc(-c2cnc(-c3ccncc3)o2)cc1. The number of anilines is 1. The number of oxazole rings is 1. The van der Waals surface area contributed by atoms with Crippen LogP contribution < -0.4 is 4.90 Å². The molecule has 0 saturated heterocycles. The molecule has 20 heavy (non-hydrogen) atoms. The van der Waals surface area contributed by atoms with Crippen LogP contribution in [0.4, 0.5) is 5.69 Å². The van der Waals surface area contributed by atoms with Crippen LogP contribution >= 0.6 is 0 Å². The molecule has 3 rings (SSSR count). The van der Waals surface area contributed by atoms with Crippen molar-refractivity contribution in [3.05, 3.63) is 55.0 Å². The molecule has 0 bridgehead atoms. The van der Waals surface area contributed by atoms with Crippen molar-refractivity contribution in [3.8, 4) is 22.8 Å². The Morgan fingerprint density at radius 2 is 1.60 bits per heavy atom. The maximum absolute atomic E-state index is 5.80. The Bertz CT molecular complexity index is 687. The summed E-state index contributed by atoms with van der Waals surface area (Å²) in [6.07, 6.45) is 5.20. The van der Waals surface area contributed by atoms with Crippen LogP contribution in [-0.4, -0.2) is 24.1 Å². The standard InChI is InChI=1S/C16H15N3O/c1-19(2)14-5-3-12(4-6-14)15-11-18-16(20-15)13-7-9-17-10-8-13/h3-11H,1-2H3. The van der Waals surface area contributed by atoms with Crippen LogP contribution in [-0.2, 0) is 0 Å². The maximum atomic E-state index is 5.80. The Kier molecular flexibility index (Phi) is 3.21. The fourth-order valence-electron chi connectivity index (χ4n) is 1.96. The first-order valence-electron chi connectivity index (χ1n) is 6.38. The molecule has 3 aromatic rings. The van der Waals surface area contributed by atoms with Gasteiger partial charge in [-0.2, -0.15) is 0 Å². The summed E-state index contributed by atoms with van der Waals surface area (Å²) in [5.74, 6) is 1.38. The van der Waals surface area contributed by atoms with Crippen molar-refractivity contribution in [2.45, 2.75) is 0 Å². The highest BCUT2D eigenvalue weighted by Crippen LogP contribution is 2.26. The van der Waals surface area contributed by atoms with Crippen molar-refractivity contribution in [1.82, 2.24) is 9.97 Å². The topological polar surface area (TPSA) is 42.2 Å². The third-order valence-corrected chi connectivity index (χ3v) is 3.10. The minimum absolute atomic E-state index is 0.610. The van der Waals surface area contributed by atoms with Gasteiger partial charge in [-0.15, -0.1) is 0 Å². The van der Waals surface area contributed by atoms with E-state index in [2.05, 4.69) is 27.0 Å². The van der Waals surface area contributed by atoms with Crippen LogP contribution in [0.15, 0.2) is 59.4 Å². The van der Waals surface area contributed by atoms with Crippen molar-refractivity contribution in [3.63, 3.8) is 0 Å². The van der Waals surface area contributed by atoms with Crippen molar-refractivity contribution in [2.24, 2.45) is 0 Å². The zero-order valence-electron chi connectivity index (χ0n) is 11.4. The highest BCUT2D eigenvalue weighted by Gasteiger charge is 2.08. The van der Waals surface area contributed by atoms with Gasteiger partial charge >= 0.3 is 0 Å². The summed E-state index contributed by atoms with van der Waals surface area (Å²) >= 11 is 0. The van der Waals surface area contributed by atoms with Crippen LogP contribution in [0.1, 0.15) is 0 Å². The highest BCUT2D eigenvalue weighted by molar-refractivity contribution is 5.63. The summed E-state index contributed by atoms with van der Waals surface area (Å²) < 4.78 is 5.80. The molecule has 2 heterocycles. The fraction of sp³-hybridized carbons (Fsp3) is 0.125. The molecule has 4 heteroatoms. The second-order valence-electron chi connectivity index (χ2n) is 4.71. The average molecular weight is 265 g/mol. The smallest absolute Gasteiger partial charge is 0.226 e. The lowest BCUT2D eigenvalue weighted by molar-refractivity contribution is 0.589. The first-order chi connectivity index (χ1) is 9.74. The van der Waals surface area contributed by atoms with E-state index in [1.807, 2.05) is 38.4 Å². The predicted octanol–water partition coefficient (Wildman–Crippen LogP) is 3.47. The zero-order chi connectivity index (χ0) is 13.9. The van der Waals surface area contributed by atoms with Gasteiger partial charge in [0.15, 0.2) is 5.76 Å². The van der Waals surface area contributed by atoms with Gasteiger partial charge in [-0.3, -0.25) is 4.98 Å². The van der Waals surface area contributed by atoms with Gasteiger partial charge in [0.2, 0.25) is 5.89 Å². The summed E-state index contributed by atoms with van der Waals surface area (Å²) in [5, 5.41) is 0. The number of rotatable bonds is 3. The van der Waals surface area contributed by atoms with E-state index >= 15 is 0 Å². The van der Waals surface area contributed by atoms with Gasteiger partial charge in [0.05, 0.1) is 6.20 Å². The van der Waals surface area contributed by atoms with Crippen LogP contribution in [0.25, 0.3) is 22.8 Å². The number of hydrogen-bond donors (Lipinski definition) is 0. The molecule has 0 fully saturated rings. The Labute approximate surface area is 117 Å². The minimum atomic E-state index is 0.610. The largest absolute Gasteiger partial charge is 0.436 e. The third-order valence-electron chi connectivity index (χ3n) is 3.10. The average Bonchev–Trinajstić information content (AvgIpc) is 2.98. The fourth-order valence-corrected chi connectivity index (χ4v) is 1.96. The van der Waals surface area contributed by atoms with Gasteiger partial charge in [0.25, 0.3) is 0 Å². The van der Waals surface area contributed by atoms with Gasteiger partial charge in [0.1, 0.15) is 0 Å². The third kappa shape index (κ3) is 2.40. The Hall–Kier alpha value is -2.62. The number of benzene rings is 1. The molecular weight excluding hydrogens is 250 g/mol. The van der Waals surface area contributed by atoms with E-state index in [9.17, 15) is 0 Å². The summed E-state index contributed by atoms with van der Waals surface area (Å²) in [4.78, 5) is 10.4. The number of pyridine rings is 1. The molecule has 0 atom stereocenters. The Morgan fingerprint density at radius 1 is 0.900 bits per heavy atom. The monoisotopic (exact) mass is 265 g/mol. The molecular formula is C16H15N3O. The van der Waals surface area contributed by atoms with Crippen molar-refractivity contribution in [2.75, 3.05) is 19.0 Å². The molecule has 0 unspecified atom stereocenters. The van der Waals surface area contributed by atoms with Crippen molar-refractivity contribution < 1.29 is 4.42 Å². The summed E-state index contributed by atoms with van der Waals surface area (Å²) in [6, 6.07) is 11.9. The van der Waals surface area contributed by atoms with Crippen molar-refractivity contribution >= 4 is 5.69 Å². The molecule has 0 aliphatic carbocycles. The molecule has 0 aliphatic heterocycles. The molecule has 0 aliphatic rings. The van der Waals surface area contributed by atoms with Crippen molar-refractivity contribution in [1.29, 1.82) is 0 Å². The van der Waals surface area contributed by atoms with E-state index in [1.54, 1.807) is 18.6 Å². The molecule has 0 saturated carbocycles. The van der Waals surface area contributed by atoms with E-state index < -0.39 is 0 Å². The Morgan fingerprint density at radius 3 is 2.25 bits per heavy atom. The predicted molar refractivity (Wildman–Crippen MR) is 79.5 cm³/mol. The molecule has 0 spiro atoms. The lowest BCUT2D eigenvalue weighted by Crippen LogP contribution is -2.07. The normalized spacial score (nSPS) is 10.5. The molecule has 0 N–H and O–H groups in total. The van der Waals surface area contributed by atoms with Gasteiger partial charge in [0, 0.05) is 43.3 Å². The van der Waals surface area contributed by atoms with Crippen LogP contribution in [0.3, 0.4) is 0 Å². The summed E-state index contributed by atoms with van der Waals surface area (Å²) in [7, 11) is 4.04. The summed E-state index contributed by atoms with van der Waals surface area (Å²) in [6.45, 7) is 0. The number of hydrogen-bond acceptors (Lipinski definition) is 4. The number of nitrogens with zero attached hydrogens (tertiary/aromatic N) is 3. The van der Waals surface area contributed by atoms with Crippen LogP contribution in [0, 0.1) is 0 Å². The molecule has 1 aromatic carbocycles. The molecule has 4 nitrogen and oxygen atoms in total. The lowest BCUT2D eigenvalue weighted by atomic mass is 10.1. The first-order valence-corrected chi connectivity index (χ1v) is 6.38. The van der Waals surface area contributed by atoms with Gasteiger partial charge in [-0.25, -0.2) is 4.98 Å². The van der Waals surface area contributed by atoms with Crippen LogP contribution in [0.2, 0.25) is 0 Å². The number of aromatic nitrogens is 2. The van der Waals surface area contributed by atoms with E-state index in [-0.39, 0.29) is 0 Å². The summed E-state index contributed by atoms with van der Waals surface area (Å²) in [5.41, 5.74) is 3.10. The quantitative estimate of drug-likeness (QED) is 0.727. The maximum Gasteiger partial charge on any atom is 0.226 e.